The molecule has 53 heavy (non-hydrogen) atoms. The van der Waals surface area contributed by atoms with Gasteiger partial charge in [-0.3, -0.25) is 14.9 Å². The van der Waals surface area contributed by atoms with Crippen molar-refractivity contribution in [1.29, 1.82) is 5.26 Å². The van der Waals surface area contributed by atoms with Crippen LogP contribution in [0.5, 0.6) is 0 Å². The second-order valence-electron chi connectivity index (χ2n) is 14.3. The number of halogens is 2. The van der Waals surface area contributed by atoms with Gasteiger partial charge in [-0.25, -0.2) is 18.6 Å². The van der Waals surface area contributed by atoms with Crippen LogP contribution in [0.1, 0.15) is 76.5 Å². The maximum absolute atomic E-state index is 13.5. The molecule has 1 saturated heterocycles. The molecule has 1 aliphatic rings. The van der Waals surface area contributed by atoms with Crippen molar-refractivity contribution in [2.45, 2.75) is 71.4 Å². The molecule has 10 nitrogen and oxygen atoms in total. The van der Waals surface area contributed by atoms with Crippen LogP contribution >= 0.6 is 0 Å². The van der Waals surface area contributed by atoms with Gasteiger partial charge < -0.3 is 20.7 Å². The minimum absolute atomic E-state index is 0. The third kappa shape index (κ3) is 11.3. The number of likely N-dealkylation sites (tertiary alicyclic amines) is 1. The summed E-state index contributed by atoms with van der Waals surface area (Å²) in [6.07, 6.45) is 9.02. The molecule has 2 aromatic heterocycles. The van der Waals surface area contributed by atoms with Crippen LogP contribution in [-0.2, 0) is 0 Å². The number of nitriles is 1. The standard InChI is InChI=1S/C28H29F2N3O.C13H19N5.H2O/c29-22-11-7-20(8-12-22)25(21-9-13-23(30)14-10-21)4-3-17-32-18-15-24(16-19-32)33-27-6-2-1-5-26(27)31-28(33)34;1-10(13(2,3)4)17-12(16-9-14)18-11-5-7-15-8-6-11;/h1-2,5-14,24-25H,3-4,15-19H2,(H,31,34);5-8,10H,1-4H3,(H2,15,16,17,18);1H2. The molecule has 5 aromatic rings. The lowest BCUT2D eigenvalue weighted by atomic mass is 9.87. The van der Waals surface area contributed by atoms with E-state index in [0.29, 0.717) is 5.96 Å². The molecule has 0 amide bonds. The topological polar surface area (TPSA) is 146 Å². The summed E-state index contributed by atoms with van der Waals surface area (Å²) in [7, 11) is 0. The van der Waals surface area contributed by atoms with E-state index in [0.717, 1.165) is 73.2 Å². The Hall–Kier alpha value is -5.38. The molecule has 3 aromatic carbocycles. The molecular weight excluding hydrogens is 675 g/mol. The van der Waals surface area contributed by atoms with Gasteiger partial charge in [-0.15, -0.1) is 0 Å². The highest BCUT2D eigenvalue weighted by molar-refractivity contribution is 5.94. The molecule has 1 atom stereocenters. The highest BCUT2D eigenvalue weighted by atomic mass is 19.1. The van der Waals surface area contributed by atoms with Gasteiger partial charge in [0.05, 0.1) is 17.1 Å². The minimum atomic E-state index is -0.251. The summed E-state index contributed by atoms with van der Waals surface area (Å²) in [5.74, 6) is 0.0484. The van der Waals surface area contributed by atoms with Crippen molar-refractivity contribution in [1.82, 2.24) is 24.8 Å². The van der Waals surface area contributed by atoms with E-state index in [1.54, 1.807) is 12.4 Å². The van der Waals surface area contributed by atoms with Crippen LogP contribution in [0.3, 0.4) is 0 Å². The second kappa shape index (κ2) is 18.9. The molecule has 3 heterocycles. The summed E-state index contributed by atoms with van der Waals surface area (Å²) in [5, 5.41) is 14.4. The molecule has 1 aliphatic heterocycles. The van der Waals surface area contributed by atoms with Crippen LogP contribution in [0.4, 0.5) is 14.5 Å². The van der Waals surface area contributed by atoms with Gasteiger partial charge in [-0.1, -0.05) is 57.2 Å². The van der Waals surface area contributed by atoms with Gasteiger partial charge in [0.15, 0.2) is 6.19 Å². The number of hydrogen-bond acceptors (Lipinski definition) is 5. The first-order valence-corrected chi connectivity index (χ1v) is 17.8. The van der Waals surface area contributed by atoms with Gasteiger partial charge in [0.2, 0.25) is 5.96 Å². The Bertz CT molecular complexity index is 1950. The number of benzene rings is 3. The SMILES string of the molecule is CC(N=C(NC#N)Nc1ccncc1)C(C)(C)C.O.O=c1[nH]c2ccccc2n1C1CCN(CCCC(c2ccc(F)cc2)c2ccc(F)cc2)CC1. The van der Waals surface area contributed by atoms with Crippen molar-refractivity contribution in [2.75, 3.05) is 25.0 Å². The van der Waals surface area contributed by atoms with E-state index in [4.69, 9.17) is 5.26 Å². The number of H-pyrrole nitrogens is 1. The van der Waals surface area contributed by atoms with Crippen LogP contribution in [0, 0.1) is 28.5 Å². The van der Waals surface area contributed by atoms with Crippen molar-refractivity contribution in [2.24, 2.45) is 10.4 Å². The predicted molar refractivity (Wildman–Crippen MR) is 208 cm³/mol. The maximum atomic E-state index is 13.5. The summed E-state index contributed by atoms with van der Waals surface area (Å²) in [6, 6.07) is 25.1. The van der Waals surface area contributed by atoms with Gasteiger partial charge in [-0.05, 0) is 104 Å². The molecule has 0 aliphatic carbocycles. The fourth-order valence-electron chi connectivity index (χ4n) is 6.38. The second-order valence-corrected chi connectivity index (χ2v) is 14.3. The average Bonchev–Trinajstić information content (AvgIpc) is 3.47. The minimum Gasteiger partial charge on any atom is -0.412 e. The van der Waals surface area contributed by atoms with E-state index < -0.39 is 0 Å². The number of imidazole rings is 1. The van der Waals surface area contributed by atoms with E-state index in [-0.39, 0.29) is 46.2 Å². The first-order chi connectivity index (χ1) is 25.0. The number of aromatic amines is 1. The first-order valence-electron chi connectivity index (χ1n) is 17.8. The summed E-state index contributed by atoms with van der Waals surface area (Å²) in [5.41, 5.74) is 4.82. The number of anilines is 1. The Morgan fingerprint density at radius 2 is 1.55 bits per heavy atom. The summed E-state index contributed by atoms with van der Waals surface area (Å²) in [4.78, 5) is 26.4. The highest BCUT2D eigenvalue weighted by Crippen LogP contribution is 2.31. The van der Waals surface area contributed by atoms with Crippen LogP contribution in [-0.4, -0.2) is 56.5 Å². The van der Waals surface area contributed by atoms with E-state index in [9.17, 15) is 13.6 Å². The van der Waals surface area contributed by atoms with Gasteiger partial charge in [0.1, 0.15) is 11.6 Å². The van der Waals surface area contributed by atoms with Crippen molar-refractivity contribution >= 4 is 22.7 Å². The zero-order valence-electron chi connectivity index (χ0n) is 30.8. The van der Waals surface area contributed by atoms with Crippen LogP contribution in [0.15, 0.2) is 107 Å². The number of aliphatic imine (C=N–C) groups is 1. The molecule has 0 saturated carbocycles. The van der Waals surface area contributed by atoms with E-state index in [1.807, 2.05) is 78.3 Å². The maximum Gasteiger partial charge on any atom is 0.326 e. The van der Waals surface area contributed by atoms with E-state index >= 15 is 0 Å². The zero-order valence-corrected chi connectivity index (χ0v) is 30.8. The first kappa shape index (κ1) is 40.4. The van der Waals surface area contributed by atoms with Crippen LogP contribution < -0.4 is 16.3 Å². The molecule has 1 fully saturated rings. The summed E-state index contributed by atoms with van der Waals surface area (Å²) >= 11 is 0. The van der Waals surface area contributed by atoms with Crippen LogP contribution in [0.25, 0.3) is 11.0 Å². The van der Waals surface area contributed by atoms with Crippen molar-refractivity contribution < 1.29 is 14.3 Å². The Morgan fingerprint density at radius 3 is 2.11 bits per heavy atom. The number of piperidine rings is 1. The molecule has 0 radical (unpaired) electrons. The number of pyridine rings is 1. The number of aromatic nitrogens is 3. The van der Waals surface area contributed by atoms with Gasteiger partial charge in [0.25, 0.3) is 0 Å². The normalized spacial score (nSPS) is 14.5. The number of para-hydroxylation sites is 2. The lowest BCUT2D eigenvalue weighted by Gasteiger charge is -2.32. The number of fused-ring (bicyclic) bond motifs is 1. The number of hydrogen-bond donors (Lipinski definition) is 3. The highest BCUT2D eigenvalue weighted by Gasteiger charge is 2.24. The van der Waals surface area contributed by atoms with Crippen LogP contribution in [0.2, 0.25) is 0 Å². The molecule has 0 bridgehead atoms. The van der Waals surface area contributed by atoms with E-state index in [2.05, 4.69) is 51.3 Å². The van der Waals surface area contributed by atoms with Crippen molar-refractivity contribution in [3.8, 4) is 6.19 Å². The molecule has 280 valence electrons. The third-order valence-corrected chi connectivity index (χ3v) is 9.75. The average molecular weight is 725 g/mol. The number of nitrogens with one attached hydrogen (secondary N) is 3. The molecule has 5 N–H and O–H groups in total. The van der Waals surface area contributed by atoms with Gasteiger partial charge in [-0.2, -0.15) is 5.26 Å². The Kier molecular flexibility index (Phi) is 14.4. The van der Waals surface area contributed by atoms with Gasteiger partial charge in [0, 0.05) is 43.1 Å². The fraction of sp³-hybridized carbons (Fsp3) is 0.366. The lowest BCUT2D eigenvalue weighted by molar-refractivity contribution is 0.183. The monoisotopic (exact) mass is 724 g/mol. The Balaban J connectivity index is 0.000000282. The number of rotatable bonds is 9. The predicted octanol–water partition coefficient (Wildman–Crippen LogP) is 7.39. The quantitative estimate of drug-likeness (QED) is 0.0626. The van der Waals surface area contributed by atoms with Gasteiger partial charge >= 0.3 is 5.69 Å². The molecule has 6 rings (SSSR count). The van der Waals surface area contributed by atoms with Crippen molar-refractivity contribution in [3.05, 3.63) is 131 Å². The molecule has 12 heteroatoms. The van der Waals surface area contributed by atoms with E-state index in [1.165, 1.54) is 24.3 Å². The Morgan fingerprint density at radius 1 is 0.962 bits per heavy atom. The third-order valence-electron chi connectivity index (χ3n) is 9.75. The van der Waals surface area contributed by atoms with Crippen molar-refractivity contribution in [3.63, 3.8) is 0 Å². The number of nitrogens with zero attached hydrogens (tertiary/aromatic N) is 5. The summed E-state index contributed by atoms with van der Waals surface area (Å²) in [6.45, 7) is 11.2. The Labute approximate surface area is 309 Å². The summed E-state index contributed by atoms with van der Waals surface area (Å²) < 4.78 is 28.9. The fourth-order valence-corrected chi connectivity index (χ4v) is 6.38. The zero-order chi connectivity index (χ0) is 37.1. The largest absolute Gasteiger partial charge is 0.412 e. The molecular formula is C41H50F2N8O2. The lowest BCUT2D eigenvalue weighted by Crippen LogP contribution is -2.37. The smallest absolute Gasteiger partial charge is 0.326 e. The number of guanidine groups is 1. The molecule has 0 spiro atoms. The molecule has 1 unspecified atom stereocenters.